The molecule has 0 radical (unpaired) electrons. The highest BCUT2D eigenvalue weighted by molar-refractivity contribution is 7.09. The molecule has 1 aliphatic rings. The quantitative estimate of drug-likeness (QED) is 0.832. The van der Waals surface area contributed by atoms with Crippen molar-refractivity contribution in [1.29, 1.82) is 0 Å². The highest BCUT2D eigenvalue weighted by Crippen LogP contribution is 2.29. The van der Waals surface area contributed by atoms with Crippen LogP contribution >= 0.6 is 11.3 Å². The highest BCUT2D eigenvalue weighted by Gasteiger charge is 2.39. The van der Waals surface area contributed by atoms with Gasteiger partial charge < -0.3 is 15.4 Å². The molecule has 0 bridgehead atoms. The number of piperidine rings is 1. The lowest BCUT2D eigenvalue weighted by molar-refractivity contribution is -0.136. The third-order valence-corrected chi connectivity index (χ3v) is 4.84. The molecule has 1 aliphatic heterocycles. The summed E-state index contributed by atoms with van der Waals surface area (Å²) in [4.78, 5) is 17.0. The van der Waals surface area contributed by atoms with E-state index >= 15 is 0 Å². The lowest BCUT2D eigenvalue weighted by Gasteiger charge is -2.35. The Bertz CT molecular complexity index is 436. The van der Waals surface area contributed by atoms with Crippen LogP contribution in [0.1, 0.15) is 30.5 Å². The van der Waals surface area contributed by atoms with Crippen LogP contribution in [0.5, 0.6) is 0 Å². The van der Waals surface area contributed by atoms with Gasteiger partial charge in [0.1, 0.15) is 0 Å². The molecular formula is C14H23N3O2S. The molecule has 0 unspecified atom stereocenters. The number of hydrogen-bond donors (Lipinski definition) is 2. The van der Waals surface area contributed by atoms with Crippen molar-refractivity contribution >= 4 is 17.2 Å². The predicted molar refractivity (Wildman–Crippen MR) is 79.8 cm³/mol. The van der Waals surface area contributed by atoms with E-state index in [0.717, 1.165) is 43.1 Å². The number of aryl methyl sites for hydroxylation is 1. The fraction of sp³-hybridized carbons (Fsp3) is 0.714. The van der Waals surface area contributed by atoms with Crippen molar-refractivity contribution in [3.05, 3.63) is 16.1 Å². The number of rotatable bonds is 6. The second-order valence-corrected chi connectivity index (χ2v) is 6.17. The Morgan fingerprint density at radius 1 is 1.55 bits per heavy atom. The summed E-state index contributed by atoms with van der Waals surface area (Å²) in [6, 6.07) is 0. The highest BCUT2D eigenvalue weighted by atomic mass is 32.1. The van der Waals surface area contributed by atoms with E-state index in [2.05, 4.69) is 22.5 Å². The summed E-state index contributed by atoms with van der Waals surface area (Å²) in [6.45, 7) is 4.82. The zero-order valence-corrected chi connectivity index (χ0v) is 13.0. The average molecular weight is 297 g/mol. The molecule has 0 aliphatic carbocycles. The number of nitrogens with one attached hydrogen (secondary N) is 2. The van der Waals surface area contributed by atoms with E-state index in [1.165, 1.54) is 0 Å². The first kappa shape index (κ1) is 15.4. The van der Waals surface area contributed by atoms with Crippen molar-refractivity contribution in [1.82, 2.24) is 15.6 Å². The van der Waals surface area contributed by atoms with Gasteiger partial charge in [0.2, 0.25) is 5.91 Å². The standard InChI is InChI=1S/C14H23N3O2S/c1-3-12-17-11(9-20-12)8-16-13(18)14(10-19-2)4-6-15-7-5-14/h9,15H,3-8,10H2,1-2H3,(H,16,18). The summed E-state index contributed by atoms with van der Waals surface area (Å²) < 4.78 is 5.28. The third kappa shape index (κ3) is 3.56. The summed E-state index contributed by atoms with van der Waals surface area (Å²) in [5.41, 5.74) is 0.561. The second kappa shape index (κ2) is 7.15. The van der Waals surface area contributed by atoms with Gasteiger partial charge in [-0.3, -0.25) is 4.79 Å². The maximum Gasteiger partial charge on any atom is 0.228 e. The van der Waals surface area contributed by atoms with E-state index < -0.39 is 0 Å². The first-order valence-electron chi connectivity index (χ1n) is 7.11. The molecule has 20 heavy (non-hydrogen) atoms. The number of thiazole rings is 1. The van der Waals surface area contributed by atoms with Gasteiger partial charge in [-0.15, -0.1) is 11.3 Å². The fourth-order valence-electron chi connectivity index (χ4n) is 2.57. The molecule has 112 valence electrons. The molecule has 2 rings (SSSR count). The summed E-state index contributed by atoms with van der Waals surface area (Å²) in [5, 5.41) is 9.45. The first-order valence-corrected chi connectivity index (χ1v) is 7.99. The van der Waals surface area contributed by atoms with Gasteiger partial charge in [-0.1, -0.05) is 6.92 Å². The Kier molecular flexibility index (Phi) is 5.51. The number of ether oxygens (including phenoxy) is 1. The van der Waals surface area contributed by atoms with E-state index in [1.54, 1.807) is 18.4 Å². The molecule has 0 saturated carbocycles. The number of hydrogen-bond acceptors (Lipinski definition) is 5. The number of amides is 1. The smallest absolute Gasteiger partial charge is 0.228 e. The normalized spacial score (nSPS) is 17.9. The minimum atomic E-state index is -0.385. The fourth-order valence-corrected chi connectivity index (χ4v) is 3.31. The molecular weight excluding hydrogens is 274 g/mol. The van der Waals surface area contributed by atoms with Gasteiger partial charge >= 0.3 is 0 Å². The number of nitrogens with zero attached hydrogens (tertiary/aromatic N) is 1. The Morgan fingerprint density at radius 3 is 2.90 bits per heavy atom. The van der Waals surface area contributed by atoms with Crippen molar-refractivity contribution in [3.8, 4) is 0 Å². The minimum absolute atomic E-state index is 0.0897. The van der Waals surface area contributed by atoms with E-state index in [0.29, 0.717) is 13.2 Å². The van der Waals surface area contributed by atoms with Gasteiger partial charge in [-0.2, -0.15) is 0 Å². The van der Waals surface area contributed by atoms with Crippen molar-refractivity contribution in [2.75, 3.05) is 26.8 Å². The van der Waals surface area contributed by atoms with Gasteiger partial charge in [0.15, 0.2) is 0 Å². The zero-order valence-electron chi connectivity index (χ0n) is 12.2. The Morgan fingerprint density at radius 2 is 2.30 bits per heavy atom. The van der Waals surface area contributed by atoms with Crippen molar-refractivity contribution in [2.24, 2.45) is 5.41 Å². The lowest BCUT2D eigenvalue weighted by Crippen LogP contribution is -2.50. The van der Waals surface area contributed by atoms with E-state index in [4.69, 9.17) is 4.74 Å². The summed E-state index contributed by atoms with van der Waals surface area (Å²) >= 11 is 1.65. The minimum Gasteiger partial charge on any atom is -0.384 e. The van der Waals surface area contributed by atoms with Crippen molar-refractivity contribution in [3.63, 3.8) is 0 Å². The van der Waals surface area contributed by atoms with Crippen LogP contribution in [0, 0.1) is 5.41 Å². The topological polar surface area (TPSA) is 63.2 Å². The van der Waals surface area contributed by atoms with E-state index in [1.807, 2.05) is 5.38 Å². The molecule has 1 aromatic heterocycles. The predicted octanol–water partition coefficient (Wildman–Crippen LogP) is 1.34. The SMILES string of the molecule is CCc1nc(CNC(=O)C2(COC)CCNCC2)cs1. The van der Waals surface area contributed by atoms with Crippen LogP contribution in [-0.4, -0.2) is 37.7 Å². The van der Waals surface area contributed by atoms with Crippen LogP contribution in [0.2, 0.25) is 0 Å². The average Bonchev–Trinajstić information content (AvgIpc) is 2.94. The molecule has 1 aromatic rings. The number of carbonyl (C=O) groups is 1. The van der Waals surface area contributed by atoms with Crippen LogP contribution < -0.4 is 10.6 Å². The van der Waals surface area contributed by atoms with Crippen LogP contribution in [0.25, 0.3) is 0 Å². The maximum atomic E-state index is 12.5. The van der Waals surface area contributed by atoms with Crippen LogP contribution in [-0.2, 0) is 22.5 Å². The molecule has 5 nitrogen and oxygen atoms in total. The van der Waals surface area contributed by atoms with E-state index in [-0.39, 0.29) is 11.3 Å². The van der Waals surface area contributed by atoms with E-state index in [9.17, 15) is 4.79 Å². The largest absolute Gasteiger partial charge is 0.384 e. The van der Waals surface area contributed by atoms with Gasteiger partial charge in [0, 0.05) is 12.5 Å². The van der Waals surface area contributed by atoms with Gasteiger partial charge in [-0.25, -0.2) is 4.98 Å². The number of methoxy groups -OCH3 is 1. The number of aromatic nitrogens is 1. The maximum absolute atomic E-state index is 12.5. The number of carbonyl (C=O) groups excluding carboxylic acids is 1. The second-order valence-electron chi connectivity index (χ2n) is 5.23. The third-order valence-electron chi connectivity index (χ3n) is 3.79. The van der Waals surface area contributed by atoms with Crippen molar-refractivity contribution in [2.45, 2.75) is 32.7 Å². The monoisotopic (exact) mass is 297 g/mol. The van der Waals surface area contributed by atoms with Crippen LogP contribution in [0.4, 0.5) is 0 Å². The molecule has 1 saturated heterocycles. The Balaban J connectivity index is 1.94. The zero-order chi connectivity index (χ0) is 14.4. The molecule has 2 N–H and O–H groups in total. The van der Waals surface area contributed by atoms with Gasteiger partial charge in [0.05, 0.1) is 29.3 Å². The Hall–Kier alpha value is -0.980. The van der Waals surface area contributed by atoms with Gasteiger partial charge in [0.25, 0.3) is 0 Å². The molecule has 0 spiro atoms. The van der Waals surface area contributed by atoms with Gasteiger partial charge in [-0.05, 0) is 32.4 Å². The molecule has 2 heterocycles. The summed E-state index contributed by atoms with van der Waals surface area (Å²) in [7, 11) is 1.66. The first-order chi connectivity index (χ1) is 9.70. The molecule has 1 amide bonds. The summed E-state index contributed by atoms with van der Waals surface area (Å²) in [6.07, 6.45) is 2.59. The molecule has 0 aromatic carbocycles. The van der Waals surface area contributed by atoms with Crippen LogP contribution in [0.15, 0.2) is 5.38 Å². The molecule has 1 fully saturated rings. The van der Waals surface area contributed by atoms with Crippen LogP contribution in [0.3, 0.4) is 0 Å². The van der Waals surface area contributed by atoms with Crippen molar-refractivity contribution < 1.29 is 9.53 Å². The Labute approximate surface area is 124 Å². The summed E-state index contributed by atoms with van der Waals surface area (Å²) in [5.74, 6) is 0.0897. The lowest BCUT2D eigenvalue weighted by atomic mass is 9.78. The molecule has 6 heteroatoms. The molecule has 0 atom stereocenters.